The molecule has 0 unspecified atom stereocenters. The highest BCUT2D eigenvalue weighted by molar-refractivity contribution is 6.30. The van der Waals surface area contributed by atoms with Crippen LogP contribution in [-0.2, 0) is 0 Å². The van der Waals surface area contributed by atoms with Crippen molar-refractivity contribution in [2.75, 3.05) is 5.32 Å². The second-order valence-corrected chi connectivity index (χ2v) is 6.49. The summed E-state index contributed by atoms with van der Waals surface area (Å²) in [5.74, 6) is -0.377. The fraction of sp³-hybridized carbons (Fsp3) is 0. The third-order valence-corrected chi connectivity index (χ3v) is 4.52. The van der Waals surface area contributed by atoms with Crippen LogP contribution in [0.3, 0.4) is 0 Å². The smallest absolute Gasteiger partial charge is 0.279 e. The largest absolute Gasteiger partial charge is 0.322 e. The molecule has 4 rings (SSSR count). The second-order valence-electron chi connectivity index (χ2n) is 6.06. The highest BCUT2D eigenvalue weighted by Gasteiger charge is 2.18. The van der Waals surface area contributed by atoms with Gasteiger partial charge in [-0.25, -0.2) is 4.98 Å². The van der Waals surface area contributed by atoms with Crippen molar-refractivity contribution in [3.8, 4) is 11.1 Å². The summed E-state index contributed by atoms with van der Waals surface area (Å²) in [6.45, 7) is 0. The molecule has 0 atom stereocenters. The van der Waals surface area contributed by atoms with E-state index in [1.54, 1.807) is 67.1 Å². The minimum Gasteiger partial charge on any atom is -0.322 e. The lowest BCUT2D eigenvalue weighted by molar-refractivity contribution is -0.384. The predicted molar refractivity (Wildman–Crippen MR) is 107 cm³/mol. The number of imidazole rings is 1. The summed E-state index contributed by atoms with van der Waals surface area (Å²) in [6, 6.07) is 14.5. The molecule has 7 nitrogen and oxygen atoms in total. The Bertz CT molecular complexity index is 1200. The third-order valence-electron chi connectivity index (χ3n) is 4.27. The Hall–Kier alpha value is -3.71. The number of hydrogen-bond acceptors (Lipinski definition) is 4. The molecule has 0 aliphatic carbocycles. The lowest BCUT2D eigenvalue weighted by Crippen LogP contribution is -2.12. The molecule has 1 amide bonds. The first-order valence-corrected chi connectivity index (χ1v) is 8.67. The Morgan fingerprint density at radius 2 is 1.86 bits per heavy atom. The summed E-state index contributed by atoms with van der Waals surface area (Å²) in [6.07, 6.45) is 5.24. The zero-order valence-corrected chi connectivity index (χ0v) is 15.1. The van der Waals surface area contributed by atoms with Gasteiger partial charge in [0.05, 0.1) is 10.5 Å². The molecule has 2 aromatic carbocycles. The standard InChI is InChI=1S/C20H13ClN4O3/c21-15-3-1-13(2-4-15)20(26)23-16-5-6-17(18(12-16)25(27)28)14-7-9-24-10-8-22-19(24)11-14/h1-12H,(H,23,26). The molecule has 0 aliphatic rings. The molecule has 2 heterocycles. The number of benzene rings is 2. The fourth-order valence-corrected chi connectivity index (χ4v) is 3.01. The van der Waals surface area contributed by atoms with Crippen molar-refractivity contribution >= 4 is 34.5 Å². The van der Waals surface area contributed by atoms with Gasteiger partial charge in [0, 0.05) is 40.9 Å². The number of nitro groups is 1. The summed E-state index contributed by atoms with van der Waals surface area (Å²) in [4.78, 5) is 27.7. The van der Waals surface area contributed by atoms with Gasteiger partial charge in [-0.3, -0.25) is 14.9 Å². The van der Waals surface area contributed by atoms with Gasteiger partial charge in [0.1, 0.15) is 5.65 Å². The van der Waals surface area contributed by atoms with E-state index in [-0.39, 0.29) is 11.6 Å². The first-order valence-electron chi connectivity index (χ1n) is 8.30. The Balaban J connectivity index is 1.67. The molecule has 0 spiro atoms. The monoisotopic (exact) mass is 392 g/mol. The number of aromatic nitrogens is 2. The molecule has 138 valence electrons. The zero-order valence-electron chi connectivity index (χ0n) is 14.4. The van der Waals surface area contributed by atoms with Crippen LogP contribution in [0.5, 0.6) is 0 Å². The van der Waals surface area contributed by atoms with Gasteiger partial charge in [-0.1, -0.05) is 11.6 Å². The lowest BCUT2D eigenvalue weighted by Gasteiger charge is -2.09. The molecule has 2 aromatic heterocycles. The van der Waals surface area contributed by atoms with Gasteiger partial charge < -0.3 is 9.72 Å². The Labute approximate surface area is 164 Å². The van der Waals surface area contributed by atoms with E-state index in [1.165, 1.54) is 6.07 Å². The van der Waals surface area contributed by atoms with Crippen LogP contribution >= 0.6 is 11.6 Å². The maximum Gasteiger partial charge on any atom is 0.279 e. The fourth-order valence-electron chi connectivity index (χ4n) is 2.89. The number of hydrogen-bond donors (Lipinski definition) is 1. The van der Waals surface area contributed by atoms with Gasteiger partial charge >= 0.3 is 0 Å². The van der Waals surface area contributed by atoms with Crippen molar-refractivity contribution in [2.45, 2.75) is 0 Å². The summed E-state index contributed by atoms with van der Waals surface area (Å²) >= 11 is 5.82. The van der Waals surface area contributed by atoms with Gasteiger partial charge in [0.15, 0.2) is 0 Å². The van der Waals surface area contributed by atoms with Gasteiger partial charge in [0.2, 0.25) is 0 Å². The molecule has 8 heteroatoms. The number of fused-ring (bicyclic) bond motifs is 1. The number of nitrogens with one attached hydrogen (secondary N) is 1. The topological polar surface area (TPSA) is 89.5 Å². The number of anilines is 1. The molecule has 0 radical (unpaired) electrons. The molecule has 1 N–H and O–H groups in total. The van der Waals surface area contributed by atoms with Crippen molar-refractivity contribution in [2.24, 2.45) is 0 Å². The number of nitrogens with zero attached hydrogens (tertiary/aromatic N) is 3. The van der Waals surface area contributed by atoms with Gasteiger partial charge in [-0.05, 0) is 54.1 Å². The second kappa shape index (κ2) is 7.13. The normalized spacial score (nSPS) is 10.8. The van der Waals surface area contributed by atoms with Crippen molar-refractivity contribution in [3.63, 3.8) is 0 Å². The maximum atomic E-state index is 12.3. The van der Waals surface area contributed by atoms with E-state index < -0.39 is 4.92 Å². The van der Waals surface area contributed by atoms with Gasteiger partial charge in [-0.15, -0.1) is 0 Å². The highest BCUT2D eigenvalue weighted by Crippen LogP contribution is 2.33. The minimum atomic E-state index is -0.469. The number of nitro benzene ring substituents is 1. The van der Waals surface area contributed by atoms with Crippen LogP contribution in [0, 0.1) is 10.1 Å². The summed E-state index contributed by atoms with van der Waals surface area (Å²) in [7, 11) is 0. The third kappa shape index (κ3) is 3.43. The molecular formula is C20H13ClN4O3. The van der Waals surface area contributed by atoms with Crippen LogP contribution in [0.1, 0.15) is 10.4 Å². The highest BCUT2D eigenvalue weighted by atomic mass is 35.5. The van der Waals surface area contributed by atoms with Crippen molar-refractivity contribution in [3.05, 3.63) is 93.9 Å². The minimum absolute atomic E-state index is 0.107. The number of carbonyl (C=O) groups excluding carboxylic acids is 1. The SMILES string of the molecule is O=C(Nc1ccc(-c2ccn3ccnc3c2)c([N+](=O)[O-])c1)c1ccc(Cl)cc1. The molecule has 0 fully saturated rings. The van der Waals surface area contributed by atoms with Gasteiger partial charge in [0.25, 0.3) is 11.6 Å². The Morgan fingerprint density at radius 3 is 2.61 bits per heavy atom. The number of amides is 1. The quantitative estimate of drug-likeness (QED) is 0.398. The van der Waals surface area contributed by atoms with E-state index in [0.717, 1.165) is 0 Å². The summed E-state index contributed by atoms with van der Waals surface area (Å²) in [5, 5.41) is 14.8. The Morgan fingerprint density at radius 1 is 1.07 bits per heavy atom. The van der Waals surface area contributed by atoms with Crippen LogP contribution in [0.2, 0.25) is 5.02 Å². The average Bonchev–Trinajstić information content (AvgIpc) is 3.16. The van der Waals surface area contributed by atoms with Crippen LogP contribution in [0.25, 0.3) is 16.8 Å². The van der Waals surface area contributed by atoms with E-state index in [0.29, 0.717) is 33.0 Å². The molecule has 4 aromatic rings. The molecule has 28 heavy (non-hydrogen) atoms. The zero-order chi connectivity index (χ0) is 19.7. The summed E-state index contributed by atoms with van der Waals surface area (Å²) < 4.78 is 1.82. The van der Waals surface area contributed by atoms with E-state index >= 15 is 0 Å². The molecule has 0 saturated carbocycles. The van der Waals surface area contributed by atoms with E-state index in [4.69, 9.17) is 11.6 Å². The molecule has 0 bridgehead atoms. The van der Waals surface area contributed by atoms with Crippen molar-refractivity contribution in [1.29, 1.82) is 0 Å². The predicted octanol–water partition coefficient (Wildman–Crippen LogP) is 4.82. The average molecular weight is 393 g/mol. The van der Waals surface area contributed by atoms with Gasteiger partial charge in [-0.2, -0.15) is 0 Å². The van der Waals surface area contributed by atoms with Crippen LogP contribution < -0.4 is 5.32 Å². The van der Waals surface area contributed by atoms with Crippen LogP contribution in [-0.4, -0.2) is 20.2 Å². The molecule has 0 saturated heterocycles. The van der Waals surface area contributed by atoms with Crippen molar-refractivity contribution in [1.82, 2.24) is 9.38 Å². The number of halogens is 1. The van der Waals surface area contributed by atoms with E-state index in [1.807, 2.05) is 4.40 Å². The Kier molecular flexibility index (Phi) is 4.50. The van der Waals surface area contributed by atoms with Crippen molar-refractivity contribution < 1.29 is 9.72 Å². The first-order chi connectivity index (χ1) is 13.5. The molecule has 0 aliphatic heterocycles. The first kappa shape index (κ1) is 17.7. The van der Waals surface area contributed by atoms with E-state index in [9.17, 15) is 14.9 Å². The molecular weight excluding hydrogens is 380 g/mol. The number of pyridine rings is 1. The van der Waals surface area contributed by atoms with E-state index in [2.05, 4.69) is 10.3 Å². The van der Waals surface area contributed by atoms with Crippen LogP contribution in [0.15, 0.2) is 73.2 Å². The number of carbonyl (C=O) groups is 1. The lowest BCUT2D eigenvalue weighted by atomic mass is 10.0. The maximum absolute atomic E-state index is 12.3. The number of rotatable bonds is 4. The van der Waals surface area contributed by atoms with Crippen LogP contribution in [0.4, 0.5) is 11.4 Å². The summed E-state index contributed by atoms with van der Waals surface area (Å²) in [5.41, 5.74) is 2.43.